The Morgan fingerprint density at radius 2 is 0.700 bits per heavy atom. The summed E-state index contributed by atoms with van der Waals surface area (Å²) < 4.78 is 0. The molecule has 0 heterocycles. The zero-order valence-corrected chi connectivity index (χ0v) is 7.69. The molecule has 10 heavy (non-hydrogen) atoms. The van der Waals surface area contributed by atoms with Crippen molar-refractivity contribution in [2.24, 2.45) is 0 Å². The summed E-state index contributed by atoms with van der Waals surface area (Å²) in [6, 6.07) is 0. The van der Waals surface area contributed by atoms with Gasteiger partial charge in [-0.2, -0.15) is 0 Å². The first-order valence-electron chi connectivity index (χ1n) is 4.34. The van der Waals surface area contributed by atoms with Crippen molar-refractivity contribution in [2.75, 3.05) is 21.1 Å². The molecule has 0 aliphatic heterocycles. The first kappa shape index (κ1) is 9.96. The highest BCUT2D eigenvalue weighted by Crippen LogP contribution is 2.15. The summed E-state index contributed by atoms with van der Waals surface area (Å²) in [5.41, 5.74) is 0. The van der Waals surface area contributed by atoms with Crippen molar-refractivity contribution >= 4 is 0 Å². The van der Waals surface area contributed by atoms with Gasteiger partial charge in [-0.05, 0) is 21.1 Å². The third-order valence-electron chi connectivity index (χ3n) is 1.50. The highest BCUT2D eigenvalue weighted by Gasteiger charge is 1.95. The van der Waals surface area contributed by atoms with Gasteiger partial charge in [0.1, 0.15) is 0 Å². The van der Waals surface area contributed by atoms with Gasteiger partial charge in [-0.25, -0.2) is 0 Å². The van der Waals surface area contributed by atoms with Gasteiger partial charge in [0, 0.05) is 0 Å². The quantitative estimate of drug-likeness (QED) is 0.503. The van der Waals surface area contributed by atoms with Crippen LogP contribution in [0.4, 0.5) is 0 Å². The Morgan fingerprint density at radius 3 is 0.800 bits per heavy atom. The fourth-order valence-electron chi connectivity index (χ4n) is 1.06. The smallest absolute Gasteiger partial charge is 0.0140 e. The Hall–Kier alpha value is -0.0400. The highest BCUT2D eigenvalue weighted by atomic mass is 15.0. The summed E-state index contributed by atoms with van der Waals surface area (Å²) in [6.07, 6.45) is 9.00. The van der Waals surface area contributed by atoms with E-state index in [1.165, 1.54) is 38.5 Å². The lowest BCUT2D eigenvalue weighted by atomic mass is 10.0. The molecule has 0 unspecified atom stereocenters. The number of nitrogens with zero attached hydrogens (tertiary/aromatic N) is 1. The predicted molar refractivity (Wildman–Crippen MR) is 47.3 cm³/mol. The van der Waals surface area contributed by atoms with E-state index in [9.17, 15) is 0 Å². The second-order valence-electron chi connectivity index (χ2n) is 3.46. The molecule has 0 N–H and O–H groups in total. The molecule has 1 saturated carbocycles. The number of rotatable bonds is 0. The largest absolute Gasteiger partial charge is 0.312 e. The van der Waals surface area contributed by atoms with Gasteiger partial charge in [0.25, 0.3) is 0 Å². The van der Waals surface area contributed by atoms with Crippen molar-refractivity contribution in [1.29, 1.82) is 0 Å². The van der Waals surface area contributed by atoms with E-state index in [0.29, 0.717) is 0 Å². The van der Waals surface area contributed by atoms with Crippen LogP contribution in [0, 0.1) is 0 Å². The highest BCUT2D eigenvalue weighted by molar-refractivity contribution is 4.51. The van der Waals surface area contributed by atoms with Crippen molar-refractivity contribution in [1.82, 2.24) is 4.90 Å². The standard InChI is InChI=1S/C6H12.C3H9N/c1-2-4-6-5-3-1;1-4(2)3/h1-6H2;1-3H3. The topological polar surface area (TPSA) is 3.24 Å². The first-order chi connectivity index (χ1) is 4.73. The van der Waals surface area contributed by atoms with E-state index in [1.807, 2.05) is 26.0 Å². The Kier molecular flexibility index (Phi) is 7.04. The molecule has 0 atom stereocenters. The van der Waals surface area contributed by atoms with Gasteiger partial charge in [0.2, 0.25) is 0 Å². The minimum absolute atomic E-state index is 1.50. The van der Waals surface area contributed by atoms with Crippen LogP contribution in [0.2, 0.25) is 0 Å². The van der Waals surface area contributed by atoms with E-state index in [1.54, 1.807) is 0 Å². The lowest BCUT2D eigenvalue weighted by Gasteiger charge is -2.05. The van der Waals surface area contributed by atoms with Crippen molar-refractivity contribution in [3.63, 3.8) is 0 Å². The van der Waals surface area contributed by atoms with Gasteiger partial charge < -0.3 is 4.90 Å². The summed E-state index contributed by atoms with van der Waals surface area (Å²) in [4.78, 5) is 2.00. The monoisotopic (exact) mass is 143 g/mol. The molecule has 0 bridgehead atoms. The van der Waals surface area contributed by atoms with Gasteiger partial charge in [0.05, 0.1) is 0 Å². The molecule has 1 aliphatic rings. The Labute approximate surface area is 65.4 Å². The van der Waals surface area contributed by atoms with Gasteiger partial charge in [-0.15, -0.1) is 0 Å². The van der Waals surface area contributed by atoms with E-state index in [2.05, 4.69) is 0 Å². The van der Waals surface area contributed by atoms with Crippen LogP contribution < -0.4 is 0 Å². The maximum Gasteiger partial charge on any atom is -0.0140 e. The average Bonchev–Trinajstić information content (AvgIpc) is 1.90. The minimum Gasteiger partial charge on any atom is -0.312 e. The van der Waals surface area contributed by atoms with Crippen molar-refractivity contribution < 1.29 is 0 Å². The van der Waals surface area contributed by atoms with Gasteiger partial charge in [0.15, 0.2) is 0 Å². The second-order valence-corrected chi connectivity index (χ2v) is 3.46. The third-order valence-corrected chi connectivity index (χ3v) is 1.50. The number of hydrogen-bond acceptors (Lipinski definition) is 1. The summed E-state index contributed by atoms with van der Waals surface area (Å²) in [7, 11) is 6.00. The van der Waals surface area contributed by atoms with E-state index < -0.39 is 0 Å². The molecule has 0 aromatic rings. The number of hydrogen-bond donors (Lipinski definition) is 0. The molecular weight excluding hydrogens is 122 g/mol. The molecular formula is C9H21N. The maximum atomic E-state index is 2.00. The zero-order valence-electron chi connectivity index (χ0n) is 7.69. The normalized spacial score (nSPS) is 18.0. The summed E-state index contributed by atoms with van der Waals surface area (Å²) in [6.45, 7) is 0. The zero-order chi connectivity index (χ0) is 7.82. The van der Waals surface area contributed by atoms with Crippen molar-refractivity contribution in [2.45, 2.75) is 38.5 Å². The van der Waals surface area contributed by atoms with E-state index in [4.69, 9.17) is 0 Å². The Bertz CT molecular complexity index is 41.5. The van der Waals surface area contributed by atoms with Crippen LogP contribution in [0.3, 0.4) is 0 Å². The van der Waals surface area contributed by atoms with Gasteiger partial charge in [-0.3, -0.25) is 0 Å². The molecule has 1 aliphatic carbocycles. The predicted octanol–water partition coefficient (Wildman–Crippen LogP) is 2.52. The van der Waals surface area contributed by atoms with Crippen LogP contribution in [0.5, 0.6) is 0 Å². The van der Waals surface area contributed by atoms with Gasteiger partial charge >= 0.3 is 0 Å². The Morgan fingerprint density at radius 1 is 0.600 bits per heavy atom. The van der Waals surface area contributed by atoms with Crippen LogP contribution in [0.1, 0.15) is 38.5 Å². The molecule has 0 aromatic heterocycles. The summed E-state index contributed by atoms with van der Waals surface area (Å²) in [5.74, 6) is 0. The first-order valence-corrected chi connectivity index (χ1v) is 4.34. The molecule has 0 spiro atoms. The minimum atomic E-state index is 1.50. The molecule has 0 amide bonds. The SMILES string of the molecule is C1CCCCC1.CN(C)C. The van der Waals surface area contributed by atoms with Crippen LogP contribution in [-0.4, -0.2) is 26.0 Å². The molecule has 1 nitrogen and oxygen atoms in total. The van der Waals surface area contributed by atoms with Crippen LogP contribution >= 0.6 is 0 Å². The van der Waals surface area contributed by atoms with E-state index >= 15 is 0 Å². The van der Waals surface area contributed by atoms with Crippen LogP contribution in [0.15, 0.2) is 0 Å². The van der Waals surface area contributed by atoms with Crippen LogP contribution in [0.25, 0.3) is 0 Å². The molecule has 1 rings (SSSR count). The molecule has 1 heteroatoms. The second kappa shape index (κ2) is 7.07. The van der Waals surface area contributed by atoms with Gasteiger partial charge in [-0.1, -0.05) is 38.5 Å². The lowest BCUT2D eigenvalue weighted by Crippen LogP contribution is -1.99. The maximum absolute atomic E-state index is 2.00. The third kappa shape index (κ3) is 10.9. The molecule has 1 fully saturated rings. The van der Waals surface area contributed by atoms with E-state index in [-0.39, 0.29) is 0 Å². The Balaban J connectivity index is 0.000000180. The molecule has 0 aromatic carbocycles. The van der Waals surface area contributed by atoms with Crippen LogP contribution in [-0.2, 0) is 0 Å². The summed E-state index contributed by atoms with van der Waals surface area (Å²) in [5, 5.41) is 0. The molecule has 0 saturated heterocycles. The van der Waals surface area contributed by atoms with Crippen molar-refractivity contribution in [3.8, 4) is 0 Å². The average molecular weight is 143 g/mol. The van der Waals surface area contributed by atoms with Crippen molar-refractivity contribution in [3.05, 3.63) is 0 Å². The molecule has 0 radical (unpaired) electrons. The van der Waals surface area contributed by atoms with E-state index in [0.717, 1.165) is 0 Å². The fraction of sp³-hybridized carbons (Fsp3) is 1.00. The molecule has 62 valence electrons. The fourth-order valence-corrected chi connectivity index (χ4v) is 1.06. The lowest BCUT2D eigenvalue weighted by molar-refractivity contribution is 0.504. The summed E-state index contributed by atoms with van der Waals surface area (Å²) >= 11 is 0.